The number of aryl methyl sites for hydroxylation is 1. The van der Waals surface area contributed by atoms with Gasteiger partial charge in [0.25, 0.3) is 0 Å². The van der Waals surface area contributed by atoms with Crippen LogP contribution in [0.25, 0.3) is 0 Å². The number of hydrogen-bond acceptors (Lipinski definition) is 3. The number of rotatable bonds is 5. The quantitative estimate of drug-likeness (QED) is 0.852. The molecule has 1 aromatic carbocycles. The van der Waals surface area contributed by atoms with Gasteiger partial charge < -0.3 is 9.64 Å². The van der Waals surface area contributed by atoms with Crippen LogP contribution in [-0.4, -0.2) is 35.0 Å². The minimum absolute atomic E-state index is 0.0740. The maximum atomic E-state index is 12.3. The normalized spacial score (nSPS) is 17.5. The monoisotopic (exact) mass is 296 g/mol. The maximum absolute atomic E-state index is 12.3. The molecule has 0 saturated carbocycles. The predicted octanol–water partition coefficient (Wildman–Crippen LogP) is 2.69. The summed E-state index contributed by atoms with van der Waals surface area (Å²) < 4.78 is 5.86. The second-order valence-electron chi connectivity index (χ2n) is 5.54. The first kappa shape index (κ1) is 14.6. The molecule has 22 heavy (non-hydrogen) atoms. The summed E-state index contributed by atoms with van der Waals surface area (Å²) in [6.07, 6.45) is 5.74. The van der Waals surface area contributed by atoms with Crippen LogP contribution in [0.2, 0.25) is 0 Å². The summed E-state index contributed by atoms with van der Waals surface area (Å²) in [6.45, 7) is 1.45. The second kappa shape index (κ2) is 7.07. The van der Waals surface area contributed by atoms with E-state index in [1.165, 1.54) is 5.56 Å². The van der Waals surface area contributed by atoms with Gasteiger partial charge in [-0.25, -0.2) is 0 Å². The fourth-order valence-corrected chi connectivity index (χ4v) is 2.71. The van der Waals surface area contributed by atoms with Crippen molar-refractivity contribution in [1.82, 2.24) is 9.88 Å². The number of ether oxygens (including phenoxy) is 1. The van der Waals surface area contributed by atoms with Gasteiger partial charge >= 0.3 is 0 Å². The lowest BCUT2D eigenvalue weighted by Gasteiger charge is -2.17. The SMILES string of the molecule is O=C(CCc1ccccc1)N1CCC(Oc2cccnc2)C1. The number of aromatic nitrogens is 1. The number of hydrogen-bond donors (Lipinski definition) is 0. The van der Waals surface area contributed by atoms with Crippen LogP contribution >= 0.6 is 0 Å². The first-order chi connectivity index (χ1) is 10.8. The van der Waals surface area contributed by atoms with E-state index in [2.05, 4.69) is 17.1 Å². The Morgan fingerprint density at radius 3 is 2.86 bits per heavy atom. The fraction of sp³-hybridized carbons (Fsp3) is 0.333. The molecule has 1 atom stereocenters. The zero-order chi connectivity index (χ0) is 15.2. The third kappa shape index (κ3) is 3.85. The van der Waals surface area contributed by atoms with Gasteiger partial charge in [-0.1, -0.05) is 30.3 Å². The number of nitrogens with zero attached hydrogens (tertiary/aromatic N) is 2. The first-order valence-electron chi connectivity index (χ1n) is 7.69. The van der Waals surface area contributed by atoms with Gasteiger partial charge in [0.1, 0.15) is 11.9 Å². The van der Waals surface area contributed by atoms with E-state index in [9.17, 15) is 4.79 Å². The number of carbonyl (C=O) groups excluding carboxylic acids is 1. The summed E-state index contributed by atoms with van der Waals surface area (Å²) >= 11 is 0. The van der Waals surface area contributed by atoms with Crippen LogP contribution in [0.1, 0.15) is 18.4 Å². The van der Waals surface area contributed by atoms with E-state index in [0.29, 0.717) is 13.0 Å². The standard InChI is InChI=1S/C18H20N2O2/c21-18(9-8-15-5-2-1-3-6-15)20-12-10-17(14-20)22-16-7-4-11-19-13-16/h1-7,11,13,17H,8-10,12,14H2. The Hall–Kier alpha value is -2.36. The zero-order valence-corrected chi connectivity index (χ0v) is 12.5. The number of likely N-dealkylation sites (tertiary alicyclic amines) is 1. The summed E-state index contributed by atoms with van der Waals surface area (Å²) in [5.41, 5.74) is 1.21. The average Bonchev–Trinajstić information content (AvgIpc) is 3.03. The molecule has 1 aliphatic rings. The summed E-state index contributed by atoms with van der Waals surface area (Å²) in [4.78, 5) is 18.2. The number of benzene rings is 1. The number of carbonyl (C=O) groups is 1. The van der Waals surface area contributed by atoms with Crippen molar-refractivity contribution in [2.75, 3.05) is 13.1 Å². The summed E-state index contributed by atoms with van der Waals surface area (Å²) in [5.74, 6) is 0.979. The van der Waals surface area contributed by atoms with Crippen molar-refractivity contribution in [3.05, 3.63) is 60.4 Å². The Morgan fingerprint density at radius 2 is 2.09 bits per heavy atom. The van der Waals surface area contributed by atoms with Crippen molar-refractivity contribution in [3.8, 4) is 5.75 Å². The van der Waals surface area contributed by atoms with Crippen LogP contribution in [0, 0.1) is 0 Å². The van der Waals surface area contributed by atoms with Crippen molar-refractivity contribution < 1.29 is 9.53 Å². The van der Waals surface area contributed by atoms with Crippen LogP contribution in [0.3, 0.4) is 0 Å². The Labute approximate surface area is 130 Å². The van der Waals surface area contributed by atoms with E-state index in [4.69, 9.17) is 4.74 Å². The minimum atomic E-state index is 0.0740. The molecule has 1 unspecified atom stereocenters. The van der Waals surface area contributed by atoms with Gasteiger partial charge in [0.2, 0.25) is 5.91 Å². The first-order valence-corrected chi connectivity index (χ1v) is 7.69. The van der Waals surface area contributed by atoms with Crippen LogP contribution in [-0.2, 0) is 11.2 Å². The van der Waals surface area contributed by atoms with Crippen molar-refractivity contribution in [1.29, 1.82) is 0 Å². The third-order valence-electron chi connectivity index (χ3n) is 3.91. The van der Waals surface area contributed by atoms with E-state index in [1.54, 1.807) is 12.4 Å². The Bertz CT molecular complexity index is 601. The maximum Gasteiger partial charge on any atom is 0.223 e. The fourth-order valence-electron chi connectivity index (χ4n) is 2.71. The molecule has 4 nitrogen and oxygen atoms in total. The molecule has 1 saturated heterocycles. The molecule has 3 rings (SSSR count). The van der Waals surface area contributed by atoms with E-state index in [1.807, 2.05) is 35.2 Å². The number of pyridine rings is 1. The highest BCUT2D eigenvalue weighted by Gasteiger charge is 2.27. The molecular weight excluding hydrogens is 276 g/mol. The molecule has 1 fully saturated rings. The summed E-state index contributed by atoms with van der Waals surface area (Å²) in [5, 5.41) is 0. The molecule has 4 heteroatoms. The van der Waals surface area contributed by atoms with E-state index in [0.717, 1.165) is 25.1 Å². The molecule has 1 amide bonds. The van der Waals surface area contributed by atoms with Crippen molar-refractivity contribution >= 4 is 5.91 Å². The Kier molecular flexibility index (Phi) is 4.68. The van der Waals surface area contributed by atoms with Crippen LogP contribution in [0.5, 0.6) is 5.75 Å². The lowest BCUT2D eigenvalue weighted by Crippen LogP contribution is -2.31. The number of amides is 1. The predicted molar refractivity (Wildman–Crippen MR) is 84.6 cm³/mol. The molecule has 1 aromatic heterocycles. The largest absolute Gasteiger partial charge is 0.487 e. The van der Waals surface area contributed by atoms with Gasteiger partial charge in [0.15, 0.2) is 0 Å². The van der Waals surface area contributed by atoms with Crippen LogP contribution in [0.15, 0.2) is 54.9 Å². The highest BCUT2D eigenvalue weighted by atomic mass is 16.5. The molecule has 2 heterocycles. The van der Waals surface area contributed by atoms with Crippen LogP contribution in [0.4, 0.5) is 0 Å². The van der Waals surface area contributed by atoms with Gasteiger partial charge in [0.05, 0.1) is 12.7 Å². The molecule has 1 aliphatic heterocycles. The highest BCUT2D eigenvalue weighted by molar-refractivity contribution is 5.76. The van der Waals surface area contributed by atoms with Crippen molar-refractivity contribution in [2.45, 2.75) is 25.4 Å². The van der Waals surface area contributed by atoms with E-state index < -0.39 is 0 Å². The third-order valence-corrected chi connectivity index (χ3v) is 3.91. The van der Waals surface area contributed by atoms with Gasteiger partial charge in [-0.2, -0.15) is 0 Å². The van der Waals surface area contributed by atoms with E-state index >= 15 is 0 Å². The highest BCUT2D eigenvalue weighted by Crippen LogP contribution is 2.18. The van der Waals surface area contributed by atoms with Crippen LogP contribution < -0.4 is 4.74 Å². The summed E-state index contributed by atoms with van der Waals surface area (Å²) in [6, 6.07) is 13.9. The Balaban J connectivity index is 1.46. The minimum Gasteiger partial charge on any atom is -0.487 e. The molecule has 114 valence electrons. The zero-order valence-electron chi connectivity index (χ0n) is 12.5. The second-order valence-corrected chi connectivity index (χ2v) is 5.54. The molecule has 0 aliphatic carbocycles. The smallest absolute Gasteiger partial charge is 0.223 e. The van der Waals surface area contributed by atoms with Gasteiger partial charge in [0, 0.05) is 25.6 Å². The van der Waals surface area contributed by atoms with Crippen molar-refractivity contribution in [2.24, 2.45) is 0 Å². The van der Waals surface area contributed by atoms with Gasteiger partial charge in [-0.15, -0.1) is 0 Å². The molecule has 0 bridgehead atoms. The van der Waals surface area contributed by atoms with Gasteiger partial charge in [-0.05, 0) is 24.1 Å². The lowest BCUT2D eigenvalue weighted by atomic mass is 10.1. The average molecular weight is 296 g/mol. The molecular formula is C18H20N2O2. The van der Waals surface area contributed by atoms with E-state index in [-0.39, 0.29) is 12.0 Å². The summed E-state index contributed by atoms with van der Waals surface area (Å²) in [7, 11) is 0. The van der Waals surface area contributed by atoms with Crippen molar-refractivity contribution in [3.63, 3.8) is 0 Å². The lowest BCUT2D eigenvalue weighted by molar-refractivity contribution is -0.130. The Morgan fingerprint density at radius 1 is 1.23 bits per heavy atom. The molecule has 0 N–H and O–H groups in total. The topological polar surface area (TPSA) is 42.4 Å². The molecule has 2 aromatic rings. The van der Waals surface area contributed by atoms with Gasteiger partial charge in [-0.3, -0.25) is 9.78 Å². The molecule has 0 spiro atoms. The molecule has 0 radical (unpaired) electrons.